The predicted molar refractivity (Wildman–Crippen MR) is 110 cm³/mol. The molecule has 4 rings (SSSR count). The summed E-state index contributed by atoms with van der Waals surface area (Å²) in [5.41, 5.74) is 0.648. The number of nitrogens with zero attached hydrogens (tertiary/aromatic N) is 3. The number of nitrogens with one attached hydrogen (secondary N) is 1. The van der Waals surface area contributed by atoms with E-state index in [0.29, 0.717) is 23.0 Å². The maximum atomic E-state index is 12.6. The van der Waals surface area contributed by atoms with E-state index in [4.69, 9.17) is 0 Å². The minimum Gasteiger partial charge on any atom is -0.357 e. The SMILES string of the molecule is O=C(Cc1ccc(S(=O)(=O)N2CCCC2)s1)Nc1ccc(N2CCCC2)nc1. The molecule has 0 saturated carbocycles. The molecular formula is C19H24N4O3S2. The Balaban J connectivity index is 1.36. The summed E-state index contributed by atoms with van der Waals surface area (Å²) in [5.74, 6) is 0.758. The molecule has 1 N–H and O–H groups in total. The third-order valence-electron chi connectivity index (χ3n) is 5.09. The quantitative estimate of drug-likeness (QED) is 0.777. The molecule has 28 heavy (non-hydrogen) atoms. The highest BCUT2D eigenvalue weighted by atomic mass is 32.2. The Morgan fingerprint density at radius 1 is 1.04 bits per heavy atom. The molecule has 2 aliphatic rings. The average molecular weight is 421 g/mol. The van der Waals surface area contributed by atoms with E-state index in [-0.39, 0.29) is 12.3 Å². The predicted octanol–water partition coefficient (Wildman–Crippen LogP) is 2.71. The number of sulfonamides is 1. The highest BCUT2D eigenvalue weighted by molar-refractivity contribution is 7.91. The first-order valence-corrected chi connectivity index (χ1v) is 11.9. The fourth-order valence-corrected chi connectivity index (χ4v) is 6.63. The molecule has 9 heteroatoms. The number of carbonyl (C=O) groups excluding carboxylic acids is 1. The number of anilines is 2. The smallest absolute Gasteiger partial charge is 0.252 e. The molecule has 0 aliphatic carbocycles. The Hall–Kier alpha value is -1.97. The number of hydrogen-bond donors (Lipinski definition) is 1. The number of hydrogen-bond acceptors (Lipinski definition) is 6. The molecule has 2 aromatic heterocycles. The lowest BCUT2D eigenvalue weighted by Crippen LogP contribution is -2.27. The Morgan fingerprint density at radius 2 is 1.75 bits per heavy atom. The van der Waals surface area contributed by atoms with E-state index in [2.05, 4.69) is 15.2 Å². The van der Waals surface area contributed by atoms with Gasteiger partial charge < -0.3 is 10.2 Å². The van der Waals surface area contributed by atoms with Gasteiger partial charge in [0.05, 0.1) is 18.3 Å². The number of aromatic nitrogens is 1. The monoisotopic (exact) mass is 420 g/mol. The van der Waals surface area contributed by atoms with E-state index in [9.17, 15) is 13.2 Å². The van der Waals surface area contributed by atoms with Gasteiger partial charge in [-0.2, -0.15) is 4.31 Å². The van der Waals surface area contributed by atoms with Gasteiger partial charge in [0, 0.05) is 31.1 Å². The third kappa shape index (κ3) is 4.21. The molecule has 150 valence electrons. The van der Waals surface area contributed by atoms with Crippen LogP contribution in [0.3, 0.4) is 0 Å². The van der Waals surface area contributed by atoms with Gasteiger partial charge in [0.15, 0.2) is 0 Å². The minimum atomic E-state index is -3.42. The normalized spacial score (nSPS) is 17.9. The van der Waals surface area contributed by atoms with Crippen molar-refractivity contribution >= 4 is 38.8 Å². The number of pyridine rings is 1. The van der Waals surface area contributed by atoms with E-state index < -0.39 is 10.0 Å². The molecule has 0 radical (unpaired) electrons. The molecule has 0 aromatic carbocycles. The van der Waals surface area contributed by atoms with Gasteiger partial charge in [0.1, 0.15) is 10.0 Å². The topological polar surface area (TPSA) is 82.6 Å². The molecule has 0 atom stereocenters. The van der Waals surface area contributed by atoms with E-state index in [1.165, 1.54) is 28.5 Å². The zero-order chi connectivity index (χ0) is 19.6. The van der Waals surface area contributed by atoms with Gasteiger partial charge in [-0.3, -0.25) is 4.79 Å². The molecule has 0 spiro atoms. The Kier molecular flexibility index (Phi) is 5.65. The molecular weight excluding hydrogens is 396 g/mol. The molecule has 0 bridgehead atoms. The standard InChI is InChI=1S/C19H24N4O3S2/c24-18(21-15-5-7-17(20-14-15)22-9-1-2-10-22)13-16-6-8-19(27-16)28(25,26)23-11-3-4-12-23/h5-8,14H,1-4,9-13H2,(H,21,24). The van der Waals surface area contributed by atoms with Crippen LogP contribution < -0.4 is 10.2 Å². The second-order valence-corrected chi connectivity index (χ2v) is 10.5. The molecule has 2 aliphatic heterocycles. The van der Waals surface area contributed by atoms with Gasteiger partial charge in [0.2, 0.25) is 5.91 Å². The first kappa shape index (κ1) is 19.4. The van der Waals surface area contributed by atoms with Gasteiger partial charge in [0.25, 0.3) is 10.0 Å². The van der Waals surface area contributed by atoms with Crippen LogP contribution in [0.4, 0.5) is 11.5 Å². The molecule has 1 amide bonds. The zero-order valence-corrected chi connectivity index (χ0v) is 17.3. The number of amides is 1. The Morgan fingerprint density at radius 3 is 2.43 bits per heavy atom. The van der Waals surface area contributed by atoms with Gasteiger partial charge in [-0.1, -0.05) is 0 Å². The molecule has 2 saturated heterocycles. The summed E-state index contributed by atoms with van der Waals surface area (Å²) in [6.45, 7) is 3.21. The first-order chi connectivity index (χ1) is 13.5. The highest BCUT2D eigenvalue weighted by Crippen LogP contribution is 2.28. The van der Waals surface area contributed by atoms with E-state index in [0.717, 1.165) is 36.6 Å². The van der Waals surface area contributed by atoms with Crippen molar-refractivity contribution in [1.82, 2.24) is 9.29 Å². The summed E-state index contributed by atoms with van der Waals surface area (Å²) >= 11 is 1.17. The van der Waals surface area contributed by atoms with Gasteiger partial charge in [-0.05, 0) is 49.9 Å². The lowest BCUT2D eigenvalue weighted by Gasteiger charge is -2.16. The van der Waals surface area contributed by atoms with Crippen LogP contribution in [-0.4, -0.2) is 49.8 Å². The van der Waals surface area contributed by atoms with Crippen LogP contribution >= 0.6 is 11.3 Å². The van der Waals surface area contributed by atoms with Crippen LogP contribution in [0.5, 0.6) is 0 Å². The van der Waals surface area contributed by atoms with Crippen molar-refractivity contribution in [3.63, 3.8) is 0 Å². The van der Waals surface area contributed by atoms with Crippen LogP contribution in [0, 0.1) is 0 Å². The maximum Gasteiger partial charge on any atom is 0.252 e. The van der Waals surface area contributed by atoms with Crippen molar-refractivity contribution in [2.24, 2.45) is 0 Å². The maximum absolute atomic E-state index is 12.6. The lowest BCUT2D eigenvalue weighted by molar-refractivity contribution is -0.115. The summed E-state index contributed by atoms with van der Waals surface area (Å²) in [6.07, 6.45) is 6.01. The second kappa shape index (κ2) is 8.18. The van der Waals surface area contributed by atoms with Gasteiger partial charge in [-0.15, -0.1) is 11.3 Å². The largest absolute Gasteiger partial charge is 0.357 e. The van der Waals surface area contributed by atoms with Crippen molar-refractivity contribution in [2.75, 3.05) is 36.4 Å². The fraction of sp³-hybridized carbons (Fsp3) is 0.474. The fourth-order valence-electron chi connectivity index (χ4n) is 3.60. The molecule has 0 unspecified atom stereocenters. The molecule has 7 nitrogen and oxygen atoms in total. The van der Waals surface area contributed by atoms with Crippen LogP contribution in [0.15, 0.2) is 34.7 Å². The summed E-state index contributed by atoms with van der Waals surface area (Å²) < 4.78 is 27.0. The minimum absolute atomic E-state index is 0.147. The Bertz CT molecular complexity index is 928. The Labute approximate surface area is 169 Å². The van der Waals surface area contributed by atoms with Crippen LogP contribution in [0.1, 0.15) is 30.6 Å². The van der Waals surface area contributed by atoms with E-state index in [1.54, 1.807) is 18.3 Å². The van der Waals surface area contributed by atoms with E-state index in [1.807, 2.05) is 12.1 Å². The third-order valence-corrected chi connectivity index (χ3v) is 8.54. The van der Waals surface area contributed by atoms with Gasteiger partial charge in [-0.25, -0.2) is 13.4 Å². The zero-order valence-electron chi connectivity index (χ0n) is 15.6. The van der Waals surface area contributed by atoms with Crippen molar-refractivity contribution < 1.29 is 13.2 Å². The number of rotatable bonds is 6. The molecule has 4 heterocycles. The summed E-state index contributed by atoms with van der Waals surface area (Å²) in [5, 5.41) is 2.84. The van der Waals surface area contributed by atoms with Crippen molar-refractivity contribution in [1.29, 1.82) is 0 Å². The summed E-state index contributed by atoms with van der Waals surface area (Å²) in [7, 11) is -3.42. The van der Waals surface area contributed by atoms with Gasteiger partial charge >= 0.3 is 0 Å². The van der Waals surface area contributed by atoms with Crippen LogP contribution in [-0.2, 0) is 21.2 Å². The first-order valence-electron chi connectivity index (χ1n) is 9.62. The average Bonchev–Trinajstić information content (AvgIpc) is 3.44. The number of carbonyl (C=O) groups is 1. The second-order valence-electron chi connectivity index (χ2n) is 7.16. The lowest BCUT2D eigenvalue weighted by atomic mass is 10.3. The van der Waals surface area contributed by atoms with Crippen LogP contribution in [0.25, 0.3) is 0 Å². The molecule has 2 fully saturated rings. The molecule has 2 aromatic rings. The van der Waals surface area contributed by atoms with Crippen molar-refractivity contribution in [2.45, 2.75) is 36.3 Å². The van der Waals surface area contributed by atoms with E-state index >= 15 is 0 Å². The van der Waals surface area contributed by atoms with Crippen molar-refractivity contribution in [3.8, 4) is 0 Å². The number of thiophene rings is 1. The van der Waals surface area contributed by atoms with Crippen LogP contribution in [0.2, 0.25) is 0 Å². The highest BCUT2D eigenvalue weighted by Gasteiger charge is 2.28. The van der Waals surface area contributed by atoms with Crippen molar-refractivity contribution in [3.05, 3.63) is 35.3 Å². The summed E-state index contributed by atoms with van der Waals surface area (Å²) in [6, 6.07) is 7.11. The summed E-state index contributed by atoms with van der Waals surface area (Å²) in [4.78, 5) is 19.7.